The van der Waals surface area contributed by atoms with E-state index in [-0.39, 0.29) is 17.8 Å². The Balaban J connectivity index is 2.05. The molecule has 3 amide bonds. The first-order chi connectivity index (χ1) is 8.04. The lowest BCUT2D eigenvalue weighted by atomic mass is 10.00. The summed E-state index contributed by atoms with van der Waals surface area (Å²) in [5.41, 5.74) is 0. The van der Waals surface area contributed by atoms with Crippen LogP contribution < -0.4 is 5.32 Å². The largest absolute Gasteiger partial charge is 0.344 e. The average Bonchev–Trinajstić information content (AvgIpc) is 2.54. The quantitative estimate of drug-likeness (QED) is 0.364. The van der Waals surface area contributed by atoms with Gasteiger partial charge in [-0.1, -0.05) is 6.92 Å². The third-order valence-corrected chi connectivity index (χ3v) is 3.27. The first-order valence-electron chi connectivity index (χ1n) is 5.71. The van der Waals surface area contributed by atoms with Gasteiger partial charge in [0.25, 0.3) is 0 Å². The zero-order chi connectivity index (χ0) is 12.6. The van der Waals surface area contributed by atoms with Crippen molar-refractivity contribution >= 4 is 17.8 Å². The number of carbonyl (C=O) groups is 2. The number of amidine groups is 1. The minimum absolute atomic E-state index is 0.0407. The molecule has 0 spiro atoms. The second-order valence-corrected chi connectivity index (χ2v) is 4.34. The van der Waals surface area contributed by atoms with E-state index in [1.807, 2.05) is 0 Å². The molecule has 7 nitrogen and oxygen atoms in total. The fourth-order valence-corrected chi connectivity index (χ4v) is 2.27. The summed E-state index contributed by atoms with van der Waals surface area (Å²) in [6, 6.07) is -1.08. The Morgan fingerprint density at radius 2 is 2.29 bits per heavy atom. The van der Waals surface area contributed by atoms with Crippen LogP contribution in [0, 0.1) is 5.41 Å². The molecule has 2 heterocycles. The van der Waals surface area contributed by atoms with E-state index in [4.69, 9.17) is 5.41 Å². The monoisotopic (exact) mass is 240 g/mol. The van der Waals surface area contributed by atoms with Crippen molar-refractivity contribution in [3.05, 3.63) is 0 Å². The van der Waals surface area contributed by atoms with Gasteiger partial charge in [0, 0.05) is 13.0 Å². The molecule has 2 rings (SSSR count). The predicted molar refractivity (Wildman–Crippen MR) is 58.7 cm³/mol. The van der Waals surface area contributed by atoms with Crippen LogP contribution in [0.15, 0.2) is 0 Å². The second-order valence-electron chi connectivity index (χ2n) is 4.34. The highest BCUT2D eigenvalue weighted by Crippen LogP contribution is 2.28. The van der Waals surface area contributed by atoms with Crippen LogP contribution >= 0.6 is 0 Å². The fraction of sp³-hybridized carbons (Fsp3) is 0.700. The molecule has 0 aromatic rings. The number of hydrogen-bond acceptors (Lipinski definition) is 4. The number of fused-ring (bicyclic) bond motifs is 2. The van der Waals surface area contributed by atoms with Crippen molar-refractivity contribution in [1.82, 2.24) is 15.3 Å². The summed E-state index contributed by atoms with van der Waals surface area (Å²) in [7, 11) is 0. The first-order valence-corrected chi connectivity index (χ1v) is 5.71. The average molecular weight is 240 g/mol. The van der Waals surface area contributed by atoms with Gasteiger partial charge in [-0.2, -0.15) is 0 Å². The molecule has 0 aromatic heterocycles. The third kappa shape index (κ3) is 1.97. The zero-order valence-electron chi connectivity index (χ0n) is 9.64. The Hall–Kier alpha value is -1.63. The molecule has 2 bridgehead atoms. The number of rotatable bonds is 2. The summed E-state index contributed by atoms with van der Waals surface area (Å²) in [4.78, 5) is 24.3. The van der Waals surface area contributed by atoms with Gasteiger partial charge in [-0.3, -0.25) is 15.4 Å². The molecule has 2 aliphatic rings. The molecule has 0 radical (unpaired) electrons. The summed E-state index contributed by atoms with van der Waals surface area (Å²) in [5.74, 6) is -0.191. The van der Waals surface area contributed by atoms with Crippen molar-refractivity contribution < 1.29 is 14.8 Å². The van der Waals surface area contributed by atoms with Crippen LogP contribution in [0.2, 0.25) is 0 Å². The van der Waals surface area contributed by atoms with Crippen molar-refractivity contribution in [2.45, 2.75) is 38.3 Å². The highest BCUT2D eigenvalue weighted by Gasteiger charge is 2.45. The third-order valence-electron chi connectivity index (χ3n) is 3.27. The molecule has 94 valence electrons. The van der Waals surface area contributed by atoms with Gasteiger partial charge in [0.05, 0.1) is 12.1 Å². The van der Waals surface area contributed by atoms with Crippen molar-refractivity contribution in [3.8, 4) is 0 Å². The Morgan fingerprint density at radius 1 is 1.59 bits per heavy atom. The van der Waals surface area contributed by atoms with Gasteiger partial charge in [0.1, 0.15) is 5.84 Å². The second kappa shape index (κ2) is 4.33. The van der Waals surface area contributed by atoms with Crippen LogP contribution in [0.5, 0.6) is 0 Å². The topological polar surface area (TPSA) is 96.7 Å². The van der Waals surface area contributed by atoms with Gasteiger partial charge < -0.3 is 10.2 Å². The summed E-state index contributed by atoms with van der Waals surface area (Å²) < 4.78 is 0. The number of piperidine rings is 1. The van der Waals surface area contributed by atoms with Crippen molar-refractivity contribution in [3.63, 3.8) is 0 Å². The molecule has 0 unspecified atom stereocenters. The number of hydrogen-bond donors (Lipinski definition) is 3. The zero-order valence-corrected chi connectivity index (χ0v) is 9.64. The maximum atomic E-state index is 11.6. The molecule has 17 heavy (non-hydrogen) atoms. The highest BCUT2D eigenvalue weighted by atomic mass is 16.5. The van der Waals surface area contributed by atoms with Crippen LogP contribution in [0.1, 0.15) is 26.2 Å². The van der Waals surface area contributed by atoms with Crippen LogP contribution in [-0.4, -0.2) is 51.6 Å². The number of nitrogens with zero attached hydrogens (tertiary/aromatic N) is 2. The number of urea groups is 1. The van der Waals surface area contributed by atoms with E-state index >= 15 is 0 Å². The van der Waals surface area contributed by atoms with Crippen molar-refractivity contribution in [2.75, 3.05) is 6.54 Å². The standard InChI is InChI=1S/C10H16N4O3/c1-2-8(15)12-9(11)7-4-3-6-5-13(7)10(16)14(6)17/h6-7,17H,2-5H2,1H3,(H2,11,12,15)/t6-,7+/m1/s1. The van der Waals surface area contributed by atoms with Gasteiger partial charge in [0.15, 0.2) is 0 Å². The van der Waals surface area contributed by atoms with Crippen molar-refractivity contribution in [1.29, 1.82) is 5.41 Å². The van der Waals surface area contributed by atoms with Crippen LogP contribution in [0.3, 0.4) is 0 Å². The molecule has 2 aliphatic heterocycles. The van der Waals surface area contributed by atoms with E-state index in [2.05, 4.69) is 5.32 Å². The van der Waals surface area contributed by atoms with Gasteiger partial charge in [-0.15, -0.1) is 0 Å². The molecule has 0 saturated carbocycles. The lowest BCUT2D eigenvalue weighted by Gasteiger charge is -2.30. The first kappa shape index (κ1) is 11.8. The number of nitrogens with one attached hydrogen (secondary N) is 2. The minimum atomic E-state index is -0.479. The normalized spacial score (nSPS) is 27.3. The molecule has 2 fully saturated rings. The summed E-state index contributed by atoms with van der Waals surface area (Å²) in [6.07, 6.45) is 1.54. The Morgan fingerprint density at radius 3 is 2.94 bits per heavy atom. The van der Waals surface area contributed by atoms with Gasteiger partial charge in [-0.25, -0.2) is 9.86 Å². The molecule has 0 aliphatic carbocycles. The van der Waals surface area contributed by atoms with Crippen LogP contribution in [0.25, 0.3) is 0 Å². The number of carbonyl (C=O) groups excluding carboxylic acids is 2. The Bertz CT molecular complexity index is 371. The molecule has 2 saturated heterocycles. The number of amides is 3. The summed E-state index contributed by atoms with van der Waals surface area (Å²) in [5, 5.41) is 20.5. The summed E-state index contributed by atoms with van der Waals surface area (Å²) >= 11 is 0. The van der Waals surface area contributed by atoms with Gasteiger partial charge in [0.2, 0.25) is 5.91 Å². The predicted octanol–water partition coefficient (Wildman–Crippen LogP) is 0.148. The van der Waals surface area contributed by atoms with E-state index in [9.17, 15) is 14.8 Å². The van der Waals surface area contributed by atoms with Crippen LogP contribution in [-0.2, 0) is 4.79 Å². The molecular weight excluding hydrogens is 224 g/mol. The maximum absolute atomic E-state index is 11.6. The molecule has 7 heteroatoms. The Kier molecular flexibility index (Phi) is 3.01. The van der Waals surface area contributed by atoms with E-state index in [1.54, 1.807) is 6.92 Å². The van der Waals surface area contributed by atoms with Gasteiger partial charge in [-0.05, 0) is 12.8 Å². The lowest BCUT2D eigenvalue weighted by Crippen LogP contribution is -2.50. The molecule has 3 N–H and O–H groups in total. The molecule has 0 aromatic carbocycles. The smallest absolute Gasteiger partial charge is 0.313 e. The number of hydroxylamine groups is 2. The maximum Gasteiger partial charge on any atom is 0.344 e. The minimum Gasteiger partial charge on any atom is -0.313 e. The van der Waals surface area contributed by atoms with Crippen molar-refractivity contribution in [2.24, 2.45) is 0 Å². The van der Waals surface area contributed by atoms with E-state index in [0.29, 0.717) is 25.8 Å². The van der Waals surface area contributed by atoms with Crippen LogP contribution in [0.4, 0.5) is 4.79 Å². The van der Waals surface area contributed by atoms with Gasteiger partial charge >= 0.3 is 6.03 Å². The lowest BCUT2D eigenvalue weighted by molar-refractivity contribution is -0.119. The molecular formula is C10H16N4O3. The van der Waals surface area contributed by atoms with E-state index < -0.39 is 12.1 Å². The fourth-order valence-electron chi connectivity index (χ4n) is 2.27. The highest BCUT2D eigenvalue weighted by molar-refractivity contribution is 6.00. The van der Waals surface area contributed by atoms with E-state index in [1.165, 1.54) is 4.90 Å². The Labute approximate surface area is 98.8 Å². The van der Waals surface area contributed by atoms with E-state index in [0.717, 1.165) is 5.06 Å². The molecule has 2 atom stereocenters. The SMILES string of the molecule is CCC(=O)NC(=N)[C@@H]1CC[C@@H]2CN1C(=O)N2O. The summed E-state index contributed by atoms with van der Waals surface area (Å²) in [6.45, 7) is 2.13.